The van der Waals surface area contributed by atoms with Crippen LogP contribution < -0.4 is 0 Å². The topological polar surface area (TPSA) is 61.4 Å². The molecule has 332 valence electrons. The maximum Gasteiger partial charge on any atom is 0.0937 e. The first-order valence-electron chi connectivity index (χ1n) is 24.6. The van der Waals surface area contributed by atoms with Gasteiger partial charge in [0.2, 0.25) is 0 Å². The van der Waals surface area contributed by atoms with E-state index < -0.39 is 10.8 Å². The van der Waals surface area contributed by atoms with Gasteiger partial charge in [-0.3, -0.25) is 19.9 Å². The molecule has 3 aliphatic carbocycles. The van der Waals surface area contributed by atoms with Crippen molar-refractivity contribution in [3.05, 3.63) is 238 Å². The Labute approximate surface area is 405 Å². The number of benzene rings is 6. The van der Waals surface area contributed by atoms with Crippen molar-refractivity contribution in [3.63, 3.8) is 0 Å². The Morgan fingerprint density at radius 1 is 0.357 bits per heavy atom. The Morgan fingerprint density at radius 3 is 1.14 bits per heavy atom. The van der Waals surface area contributed by atoms with Gasteiger partial charge in [0.15, 0.2) is 0 Å². The van der Waals surface area contributed by atoms with Crippen LogP contribution in [0.1, 0.15) is 69.5 Å². The molecule has 6 heteroatoms. The first-order chi connectivity index (χ1) is 34.4. The van der Waals surface area contributed by atoms with Gasteiger partial charge in [-0.15, -0.1) is 0 Å². The molecule has 0 saturated heterocycles. The highest BCUT2D eigenvalue weighted by Gasteiger charge is 2.50. The molecule has 6 aromatic carbocycles. The van der Waals surface area contributed by atoms with Crippen LogP contribution in [0.3, 0.4) is 0 Å². The molecule has 6 nitrogen and oxygen atoms in total. The van der Waals surface area contributed by atoms with E-state index in [1.807, 2.05) is 12.4 Å². The third kappa shape index (κ3) is 4.92. The van der Waals surface area contributed by atoms with Gasteiger partial charge in [0.1, 0.15) is 0 Å². The van der Waals surface area contributed by atoms with Gasteiger partial charge in [-0.2, -0.15) is 0 Å². The van der Waals surface area contributed by atoms with E-state index in [2.05, 4.69) is 207 Å². The van der Waals surface area contributed by atoms with Crippen LogP contribution in [0.2, 0.25) is 0 Å². The number of hydrogen-bond acceptors (Lipinski definition) is 4. The van der Waals surface area contributed by atoms with Crippen molar-refractivity contribution >= 4 is 43.6 Å². The molecular formula is C64H46N6. The molecule has 0 saturated carbocycles. The van der Waals surface area contributed by atoms with E-state index in [0.29, 0.717) is 0 Å². The Bertz CT molecular complexity index is 3960. The predicted molar refractivity (Wildman–Crippen MR) is 283 cm³/mol. The second kappa shape index (κ2) is 14.1. The second-order valence-corrected chi connectivity index (χ2v) is 19.7. The van der Waals surface area contributed by atoms with Crippen LogP contribution in [-0.2, 0) is 23.9 Å². The fourth-order valence-electron chi connectivity index (χ4n) is 13.2. The summed E-state index contributed by atoms with van der Waals surface area (Å²) in [5.41, 5.74) is 23.3. The highest BCUT2D eigenvalue weighted by Crippen LogP contribution is 2.58. The molecule has 0 unspecified atom stereocenters. The quantitative estimate of drug-likeness (QED) is 0.177. The van der Waals surface area contributed by atoms with E-state index in [1.54, 1.807) is 0 Å². The normalized spacial score (nSPS) is 17.1. The SMILES string of the molecule is CCn1c2ccc3cc2c2cc(ccc21)[C@@]1(c2ccc(C)cc2)c2cccnc2-c2ncc(cc21)-c1ccc2c(c1)c1cc(ccc1n2CC)[C@@]1(c2ccc(C)cc2)c2cccnc2-c2ncc-3cc21. The summed E-state index contributed by atoms with van der Waals surface area (Å²) < 4.78 is 4.92. The number of rotatable bonds is 4. The van der Waals surface area contributed by atoms with Gasteiger partial charge in [0, 0.05) is 104 Å². The minimum atomic E-state index is -0.702. The van der Waals surface area contributed by atoms with Crippen LogP contribution in [0, 0.1) is 13.8 Å². The molecule has 0 aliphatic heterocycles. The summed E-state index contributed by atoms with van der Waals surface area (Å²) in [6, 6.07) is 60.2. The monoisotopic (exact) mass is 898 g/mol. The summed E-state index contributed by atoms with van der Waals surface area (Å²) >= 11 is 0. The molecule has 12 aromatic rings. The lowest BCUT2D eigenvalue weighted by atomic mass is 9.67. The molecule has 2 atom stereocenters. The summed E-state index contributed by atoms with van der Waals surface area (Å²) in [7, 11) is 0. The average Bonchev–Trinajstić information content (AvgIpc) is 4.10. The van der Waals surface area contributed by atoms with Crippen molar-refractivity contribution in [2.24, 2.45) is 0 Å². The van der Waals surface area contributed by atoms with Gasteiger partial charge in [-0.05, 0) is 145 Å². The van der Waals surface area contributed by atoms with Gasteiger partial charge in [-0.1, -0.05) is 96.1 Å². The second-order valence-electron chi connectivity index (χ2n) is 19.7. The first-order valence-corrected chi connectivity index (χ1v) is 24.6. The third-order valence-electron chi connectivity index (χ3n) is 16.3. The molecule has 0 radical (unpaired) electrons. The molecule has 0 fully saturated rings. The predicted octanol–water partition coefficient (Wildman–Crippen LogP) is 14.5. The lowest BCUT2D eigenvalue weighted by Gasteiger charge is -2.34. The van der Waals surface area contributed by atoms with Crippen LogP contribution in [-0.4, -0.2) is 29.1 Å². The van der Waals surface area contributed by atoms with E-state index in [0.717, 1.165) is 80.4 Å². The smallest absolute Gasteiger partial charge is 0.0937 e. The van der Waals surface area contributed by atoms with Crippen molar-refractivity contribution in [1.29, 1.82) is 0 Å². The molecule has 6 aromatic heterocycles. The van der Waals surface area contributed by atoms with E-state index in [9.17, 15) is 0 Å². The number of aromatic nitrogens is 6. The van der Waals surface area contributed by atoms with Gasteiger partial charge in [0.05, 0.1) is 33.6 Å². The van der Waals surface area contributed by atoms with Crippen LogP contribution in [0.25, 0.3) is 88.6 Å². The number of pyridine rings is 4. The third-order valence-corrected chi connectivity index (χ3v) is 16.3. The zero-order valence-corrected chi connectivity index (χ0v) is 39.4. The molecule has 0 N–H and O–H groups in total. The van der Waals surface area contributed by atoms with Gasteiger partial charge < -0.3 is 9.13 Å². The summed E-state index contributed by atoms with van der Waals surface area (Å²) in [6.45, 7) is 10.5. The molecule has 3 aliphatic rings. The molecular weight excluding hydrogens is 853 g/mol. The highest BCUT2D eigenvalue weighted by molar-refractivity contribution is 6.11. The van der Waals surface area contributed by atoms with E-state index in [4.69, 9.17) is 19.9 Å². The van der Waals surface area contributed by atoms with Crippen LogP contribution in [0.5, 0.6) is 0 Å². The molecule has 12 bridgehead atoms. The molecule has 6 heterocycles. The molecule has 0 spiro atoms. The fourth-order valence-corrected chi connectivity index (χ4v) is 13.2. The Hall–Kier alpha value is -8.48. The standard InChI is InChI=1S/C64H46N6/c1-5-69-55-23-15-39-29-47(55)49-33-45(21-25-57(49)69)63(43-17-11-37(3)12-18-43)51-9-7-27-65-59(51)61-53(63)32-42(36-68-61)40-16-24-56-48(30-40)50-34-46(22-26-58(50)70(56)6-2)64(44-19-13-38(4)14-20-44)52-10-8-28-66-60(52)62-54(64)31-41(39)35-67-62/h7-36H,5-6H2,1-4H3/t63-,64-/m0/s1. The van der Waals surface area contributed by atoms with E-state index in [1.165, 1.54) is 77.0 Å². The Morgan fingerprint density at radius 2 is 0.729 bits per heavy atom. The van der Waals surface area contributed by atoms with Crippen LogP contribution >= 0.6 is 0 Å². The molecule has 0 amide bonds. The number of aryl methyl sites for hydroxylation is 4. The number of hydrogen-bond donors (Lipinski definition) is 0. The maximum absolute atomic E-state index is 5.42. The van der Waals surface area contributed by atoms with Crippen molar-refractivity contribution in [2.75, 3.05) is 0 Å². The van der Waals surface area contributed by atoms with Gasteiger partial charge in [-0.25, -0.2) is 0 Å². The van der Waals surface area contributed by atoms with Gasteiger partial charge >= 0.3 is 0 Å². The Balaban J connectivity index is 1.12. The molecule has 15 rings (SSSR count). The zero-order valence-electron chi connectivity index (χ0n) is 39.4. The lowest BCUT2D eigenvalue weighted by Crippen LogP contribution is -2.29. The maximum atomic E-state index is 5.42. The van der Waals surface area contributed by atoms with E-state index in [-0.39, 0.29) is 0 Å². The van der Waals surface area contributed by atoms with Gasteiger partial charge in [0.25, 0.3) is 0 Å². The van der Waals surface area contributed by atoms with Crippen molar-refractivity contribution < 1.29 is 0 Å². The minimum Gasteiger partial charge on any atom is -0.341 e. The Kier molecular flexibility index (Phi) is 7.93. The van der Waals surface area contributed by atoms with Crippen LogP contribution in [0.4, 0.5) is 0 Å². The summed E-state index contributed by atoms with van der Waals surface area (Å²) in [5, 5.41) is 4.85. The molecule has 70 heavy (non-hydrogen) atoms. The lowest BCUT2D eigenvalue weighted by molar-refractivity contribution is 0.765. The largest absolute Gasteiger partial charge is 0.341 e. The zero-order chi connectivity index (χ0) is 46.6. The minimum absolute atomic E-state index is 0.702. The summed E-state index contributed by atoms with van der Waals surface area (Å²) in [4.78, 5) is 21.1. The number of fused-ring (bicyclic) bond motifs is 16. The van der Waals surface area contributed by atoms with Crippen molar-refractivity contribution in [1.82, 2.24) is 29.1 Å². The highest BCUT2D eigenvalue weighted by atomic mass is 15.0. The number of nitrogens with zero attached hydrogens (tertiary/aromatic N) is 6. The average molecular weight is 899 g/mol. The fraction of sp³-hybridized carbons (Fsp3) is 0.125. The van der Waals surface area contributed by atoms with Crippen molar-refractivity contribution in [3.8, 4) is 45.0 Å². The summed E-state index contributed by atoms with van der Waals surface area (Å²) in [6.07, 6.45) is 7.96. The summed E-state index contributed by atoms with van der Waals surface area (Å²) in [5.74, 6) is 0. The van der Waals surface area contributed by atoms with E-state index >= 15 is 0 Å². The first kappa shape index (κ1) is 39.5. The van der Waals surface area contributed by atoms with Crippen LogP contribution in [0.15, 0.2) is 183 Å². The van der Waals surface area contributed by atoms with Crippen molar-refractivity contribution in [2.45, 2.75) is 51.6 Å².